The highest BCUT2D eigenvalue weighted by Gasteiger charge is 2.10. The third kappa shape index (κ3) is 1.95. The first-order valence-electron chi connectivity index (χ1n) is 5.36. The third-order valence-corrected chi connectivity index (χ3v) is 2.36. The molecule has 0 spiro atoms. The number of aryl methyl sites for hydroxylation is 1. The topological polar surface area (TPSA) is 77.6 Å². The van der Waals surface area contributed by atoms with E-state index in [0.29, 0.717) is 23.2 Å². The first kappa shape index (κ1) is 10.5. The molecule has 3 aromatic rings. The molecule has 0 unspecified atom stereocenters. The number of rotatable bonds is 2. The Balaban J connectivity index is 1.97. The highest BCUT2D eigenvalue weighted by atomic mass is 16.4. The van der Waals surface area contributed by atoms with E-state index in [9.17, 15) is 0 Å². The van der Waals surface area contributed by atoms with Crippen molar-refractivity contribution in [2.45, 2.75) is 6.92 Å². The van der Waals surface area contributed by atoms with Gasteiger partial charge in [-0.05, 0) is 19.1 Å². The van der Waals surface area contributed by atoms with E-state index in [-0.39, 0.29) is 0 Å². The molecule has 6 nitrogen and oxygen atoms in total. The zero-order valence-corrected chi connectivity index (χ0v) is 9.61. The Bertz CT molecular complexity index is 648. The van der Waals surface area contributed by atoms with Crippen molar-refractivity contribution in [1.29, 1.82) is 0 Å². The van der Waals surface area contributed by atoms with Crippen LogP contribution >= 0.6 is 0 Å². The Morgan fingerprint density at radius 1 is 0.944 bits per heavy atom. The maximum Gasteiger partial charge on any atom is 0.251 e. The van der Waals surface area contributed by atoms with Crippen molar-refractivity contribution in [2.75, 3.05) is 0 Å². The van der Waals surface area contributed by atoms with Gasteiger partial charge < -0.3 is 4.42 Å². The molecular weight excluding hydrogens is 230 g/mol. The van der Waals surface area contributed by atoms with Crippen LogP contribution in [0.15, 0.2) is 41.3 Å². The van der Waals surface area contributed by atoms with Gasteiger partial charge in [0.25, 0.3) is 5.89 Å². The molecule has 0 saturated carbocycles. The maximum atomic E-state index is 5.55. The molecule has 3 heterocycles. The fourth-order valence-corrected chi connectivity index (χ4v) is 1.45. The van der Waals surface area contributed by atoms with Gasteiger partial charge in [0.2, 0.25) is 5.89 Å². The van der Waals surface area contributed by atoms with Crippen molar-refractivity contribution in [2.24, 2.45) is 0 Å². The summed E-state index contributed by atoms with van der Waals surface area (Å²) >= 11 is 0. The summed E-state index contributed by atoms with van der Waals surface area (Å²) in [7, 11) is 0. The highest BCUT2D eigenvalue weighted by molar-refractivity contribution is 5.55. The second-order valence-corrected chi connectivity index (χ2v) is 3.67. The van der Waals surface area contributed by atoms with E-state index in [1.165, 1.54) is 0 Å². The second-order valence-electron chi connectivity index (χ2n) is 3.67. The van der Waals surface area contributed by atoms with E-state index < -0.39 is 0 Å². The van der Waals surface area contributed by atoms with E-state index >= 15 is 0 Å². The Hall–Kier alpha value is -2.63. The molecule has 0 aliphatic carbocycles. The second kappa shape index (κ2) is 4.33. The molecule has 0 aliphatic heterocycles. The van der Waals surface area contributed by atoms with Gasteiger partial charge in [0.05, 0.1) is 11.1 Å². The van der Waals surface area contributed by atoms with E-state index in [4.69, 9.17) is 4.42 Å². The molecule has 0 radical (unpaired) electrons. The minimum absolute atomic E-state index is 0.397. The molecule has 0 aromatic carbocycles. The van der Waals surface area contributed by atoms with Gasteiger partial charge in [-0.25, -0.2) is 9.97 Å². The van der Waals surface area contributed by atoms with E-state index in [1.807, 2.05) is 19.1 Å². The van der Waals surface area contributed by atoms with E-state index in [1.54, 1.807) is 24.8 Å². The molecule has 88 valence electrons. The summed E-state index contributed by atoms with van der Waals surface area (Å²) in [6.07, 6.45) is 6.67. The predicted octanol–water partition coefficient (Wildman–Crippen LogP) is 1.90. The minimum atomic E-state index is 0.397. The summed E-state index contributed by atoms with van der Waals surface area (Å²) in [5.74, 6) is 1.53. The predicted molar refractivity (Wildman–Crippen MR) is 63.3 cm³/mol. The van der Waals surface area contributed by atoms with Crippen LogP contribution in [0.5, 0.6) is 0 Å². The molecule has 3 aromatic heterocycles. The van der Waals surface area contributed by atoms with Gasteiger partial charge in [0.1, 0.15) is 5.82 Å². The number of nitrogens with zero attached hydrogens (tertiary/aromatic N) is 5. The molecule has 6 heteroatoms. The van der Waals surface area contributed by atoms with Crippen molar-refractivity contribution in [3.8, 4) is 22.9 Å². The zero-order chi connectivity index (χ0) is 12.4. The highest BCUT2D eigenvalue weighted by Crippen LogP contribution is 2.21. The van der Waals surface area contributed by atoms with Gasteiger partial charge in [-0.2, -0.15) is 0 Å². The van der Waals surface area contributed by atoms with Gasteiger partial charge in [0, 0.05) is 24.8 Å². The van der Waals surface area contributed by atoms with Crippen LogP contribution in [0.2, 0.25) is 0 Å². The Morgan fingerprint density at radius 3 is 2.33 bits per heavy atom. The molecule has 0 atom stereocenters. The van der Waals surface area contributed by atoms with Crippen molar-refractivity contribution >= 4 is 0 Å². The zero-order valence-electron chi connectivity index (χ0n) is 9.61. The summed E-state index contributed by atoms with van der Waals surface area (Å²) < 4.78 is 5.55. The van der Waals surface area contributed by atoms with Crippen molar-refractivity contribution in [3.63, 3.8) is 0 Å². The van der Waals surface area contributed by atoms with Crippen LogP contribution in [0.1, 0.15) is 5.82 Å². The number of hydrogen-bond acceptors (Lipinski definition) is 6. The Morgan fingerprint density at radius 2 is 1.67 bits per heavy atom. The molecule has 18 heavy (non-hydrogen) atoms. The standard InChI is InChI=1S/C12H9N5O/c1-8-14-6-10(7-15-8)12-17-16-11(18-12)9-3-2-4-13-5-9/h2-7H,1H3. The monoisotopic (exact) mass is 239 g/mol. The van der Waals surface area contributed by atoms with Crippen LogP contribution in [-0.2, 0) is 0 Å². The summed E-state index contributed by atoms with van der Waals surface area (Å²) in [4.78, 5) is 12.2. The first-order chi connectivity index (χ1) is 8.83. The third-order valence-electron chi connectivity index (χ3n) is 2.36. The maximum absolute atomic E-state index is 5.55. The molecule has 0 amide bonds. The van der Waals surface area contributed by atoms with Gasteiger partial charge in [0.15, 0.2) is 0 Å². The Kier molecular flexibility index (Phi) is 2.53. The van der Waals surface area contributed by atoms with Crippen LogP contribution in [0.4, 0.5) is 0 Å². The summed E-state index contributed by atoms with van der Waals surface area (Å²) in [6, 6.07) is 3.67. The Labute approximate surface area is 103 Å². The first-order valence-corrected chi connectivity index (χ1v) is 5.36. The van der Waals surface area contributed by atoms with Gasteiger partial charge in [-0.15, -0.1) is 10.2 Å². The van der Waals surface area contributed by atoms with Gasteiger partial charge >= 0.3 is 0 Å². The van der Waals surface area contributed by atoms with Crippen molar-refractivity contribution in [1.82, 2.24) is 25.1 Å². The van der Waals surface area contributed by atoms with Crippen LogP contribution in [0.25, 0.3) is 22.9 Å². The lowest BCUT2D eigenvalue weighted by Gasteiger charge is -1.94. The smallest absolute Gasteiger partial charge is 0.251 e. The number of pyridine rings is 1. The SMILES string of the molecule is Cc1ncc(-c2nnc(-c3cccnc3)o2)cn1. The van der Waals surface area contributed by atoms with Crippen LogP contribution in [0, 0.1) is 6.92 Å². The lowest BCUT2D eigenvalue weighted by Crippen LogP contribution is -1.87. The molecule has 0 fully saturated rings. The largest absolute Gasteiger partial charge is 0.416 e. The normalized spacial score (nSPS) is 10.5. The summed E-state index contributed by atoms with van der Waals surface area (Å²) in [5, 5.41) is 7.94. The van der Waals surface area contributed by atoms with Crippen LogP contribution in [-0.4, -0.2) is 25.1 Å². The average Bonchev–Trinajstić information content (AvgIpc) is 2.90. The van der Waals surface area contributed by atoms with E-state index in [2.05, 4.69) is 25.1 Å². The van der Waals surface area contributed by atoms with E-state index in [0.717, 1.165) is 5.56 Å². The molecule has 0 aliphatic rings. The fraction of sp³-hybridized carbons (Fsp3) is 0.0833. The van der Waals surface area contributed by atoms with Crippen molar-refractivity contribution < 1.29 is 4.42 Å². The molecular formula is C12H9N5O. The lowest BCUT2D eigenvalue weighted by atomic mass is 10.3. The van der Waals surface area contributed by atoms with Gasteiger partial charge in [-0.3, -0.25) is 4.98 Å². The fourth-order valence-electron chi connectivity index (χ4n) is 1.45. The number of aromatic nitrogens is 5. The average molecular weight is 239 g/mol. The molecule has 0 N–H and O–H groups in total. The quantitative estimate of drug-likeness (QED) is 0.679. The lowest BCUT2D eigenvalue weighted by molar-refractivity contribution is 0.583. The van der Waals surface area contributed by atoms with Crippen LogP contribution < -0.4 is 0 Å². The number of hydrogen-bond donors (Lipinski definition) is 0. The summed E-state index contributed by atoms with van der Waals surface area (Å²) in [5.41, 5.74) is 1.48. The summed E-state index contributed by atoms with van der Waals surface area (Å²) in [6.45, 7) is 1.82. The van der Waals surface area contributed by atoms with Crippen LogP contribution in [0.3, 0.4) is 0 Å². The molecule has 0 saturated heterocycles. The molecule has 0 bridgehead atoms. The molecule has 3 rings (SSSR count). The van der Waals surface area contributed by atoms with Gasteiger partial charge in [-0.1, -0.05) is 0 Å². The van der Waals surface area contributed by atoms with Crippen molar-refractivity contribution in [3.05, 3.63) is 42.7 Å². The minimum Gasteiger partial charge on any atom is -0.416 e.